The molecular formula is C14H13ClO2S2. The highest BCUT2D eigenvalue weighted by Gasteiger charge is 2.14. The van der Waals surface area contributed by atoms with Crippen LogP contribution in [0.25, 0.3) is 0 Å². The van der Waals surface area contributed by atoms with Crippen LogP contribution in [0.5, 0.6) is 0 Å². The Morgan fingerprint density at radius 2 is 1.58 bits per heavy atom. The topological polar surface area (TPSA) is 34.1 Å². The van der Waals surface area contributed by atoms with Gasteiger partial charge in [-0.05, 0) is 47.5 Å². The number of aryl methyl sites for hydroxylation is 1. The summed E-state index contributed by atoms with van der Waals surface area (Å²) in [7, 11) is -2.38. The monoisotopic (exact) mass is 312 g/mol. The lowest BCUT2D eigenvalue weighted by Crippen LogP contribution is -1.96. The van der Waals surface area contributed by atoms with E-state index in [1.807, 2.05) is 19.1 Å². The second kappa shape index (κ2) is 5.99. The zero-order valence-corrected chi connectivity index (χ0v) is 12.7. The fourth-order valence-corrected chi connectivity index (χ4v) is 4.33. The number of halogens is 1. The average Bonchev–Trinajstić information content (AvgIpc) is 2.39. The van der Waals surface area contributed by atoms with Crippen molar-refractivity contribution in [2.45, 2.75) is 17.6 Å². The quantitative estimate of drug-likeness (QED) is 0.791. The van der Waals surface area contributed by atoms with E-state index >= 15 is 0 Å². The summed E-state index contributed by atoms with van der Waals surface area (Å²) in [5.41, 5.74) is 1.98. The third-order valence-corrected chi connectivity index (χ3v) is 6.33. The lowest BCUT2D eigenvalue weighted by atomic mass is 10.2. The van der Waals surface area contributed by atoms with Crippen LogP contribution in [0.4, 0.5) is 0 Å². The number of benzene rings is 2. The van der Waals surface area contributed by atoms with E-state index in [-0.39, 0.29) is 0 Å². The molecular weight excluding hydrogens is 300 g/mol. The molecule has 2 rings (SSSR count). The van der Waals surface area contributed by atoms with Crippen LogP contribution in [0.2, 0.25) is 5.02 Å². The van der Waals surface area contributed by atoms with Gasteiger partial charge >= 0.3 is 0 Å². The van der Waals surface area contributed by atoms with E-state index in [1.165, 1.54) is 0 Å². The standard InChI is InChI=1S/C14H13ClO2S2/c1-11-2-8-14(9-3-11)19(16,17)18-10-12-4-6-13(15)7-5-12/h2-9H,10H2,1H3. The van der Waals surface area contributed by atoms with E-state index in [9.17, 15) is 8.42 Å². The van der Waals surface area contributed by atoms with Gasteiger partial charge in [0.1, 0.15) is 0 Å². The van der Waals surface area contributed by atoms with Crippen molar-refractivity contribution in [1.82, 2.24) is 0 Å². The first-order valence-corrected chi connectivity index (χ1v) is 9.04. The van der Waals surface area contributed by atoms with Gasteiger partial charge in [-0.3, -0.25) is 0 Å². The molecule has 2 nitrogen and oxygen atoms in total. The van der Waals surface area contributed by atoms with Crippen molar-refractivity contribution < 1.29 is 8.42 Å². The highest BCUT2D eigenvalue weighted by atomic mass is 35.5. The molecule has 0 spiro atoms. The van der Waals surface area contributed by atoms with Crippen LogP contribution in [0.1, 0.15) is 11.1 Å². The van der Waals surface area contributed by atoms with Gasteiger partial charge in [0.15, 0.2) is 0 Å². The minimum Gasteiger partial charge on any atom is -0.212 e. The van der Waals surface area contributed by atoms with Gasteiger partial charge in [0.25, 0.3) is 0 Å². The lowest BCUT2D eigenvalue weighted by molar-refractivity contribution is 0.610. The van der Waals surface area contributed by atoms with Gasteiger partial charge in [0.2, 0.25) is 8.87 Å². The summed E-state index contributed by atoms with van der Waals surface area (Å²) in [6, 6.07) is 14.1. The Labute approximate surface area is 122 Å². The highest BCUT2D eigenvalue weighted by Crippen LogP contribution is 2.27. The molecule has 0 saturated carbocycles. The Balaban J connectivity index is 2.09. The van der Waals surface area contributed by atoms with E-state index in [0.717, 1.165) is 21.9 Å². The molecule has 0 aromatic heterocycles. The molecule has 0 amide bonds. The van der Waals surface area contributed by atoms with E-state index < -0.39 is 8.87 Å². The molecule has 0 radical (unpaired) electrons. The van der Waals surface area contributed by atoms with Crippen molar-refractivity contribution in [1.29, 1.82) is 0 Å². The predicted octanol–water partition coefficient (Wildman–Crippen LogP) is 4.27. The molecule has 2 aromatic rings. The van der Waals surface area contributed by atoms with Gasteiger partial charge in [-0.25, -0.2) is 8.42 Å². The fourth-order valence-electron chi connectivity index (χ4n) is 1.50. The summed E-state index contributed by atoms with van der Waals surface area (Å²) in [4.78, 5) is 0.345. The molecule has 0 aliphatic rings. The maximum Gasteiger partial charge on any atom is 0.230 e. The molecule has 0 heterocycles. The Morgan fingerprint density at radius 1 is 1.00 bits per heavy atom. The largest absolute Gasteiger partial charge is 0.230 e. The van der Waals surface area contributed by atoms with Gasteiger partial charge in [-0.2, -0.15) is 0 Å². The Bertz CT molecular complexity index is 647. The van der Waals surface area contributed by atoms with Gasteiger partial charge in [-0.1, -0.05) is 41.4 Å². The molecule has 0 aliphatic carbocycles. The molecule has 0 aliphatic heterocycles. The summed E-state index contributed by atoms with van der Waals surface area (Å²) < 4.78 is 24.2. The Kier molecular flexibility index (Phi) is 4.55. The Morgan fingerprint density at radius 3 is 2.16 bits per heavy atom. The van der Waals surface area contributed by atoms with Crippen molar-refractivity contribution in [3.8, 4) is 0 Å². The molecule has 0 N–H and O–H groups in total. The summed E-state index contributed by atoms with van der Waals surface area (Å²) >= 11 is 5.79. The molecule has 2 aromatic carbocycles. The van der Waals surface area contributed by atoms with Crippen molar-refractivity contribution >= 4 is 31.3 Å². The van der Waals surface area contributed by atoms with Crippen molar-refractivity contribution in [2.75, 3.05) is 0 Å². The molecule has 0 saturated heterocycles. The molecule has 0 atom stereocenters. The minimum atomic E-state index is -3.30. The van der Waals surface area contributed by atoms with Crippen LogP contribution in [0.15, 0.2) is 53.4 Å². The Hall–Kier alpha value is -0.970. The summed E-state index contributed by atoms with van der Waals surface area (Å²) in [6.07, 6.45) is 0. The predicted molar refractivity (Wildman–Crippen MR) is 81.1 cm³/mol. The van der Waals surface area contributed by atoms with Gasteiger partial charge in [0, 0.05) is 10.8 Å². The second-order valence-corrected chi connectivity index (χ2v) is 8.52. The van der Waals surface area contributed by atoms with Crippen molar-refractivity contribution in [3.05, 3.63) is 64.7 Å². The number of hydrogen-bond acceptors (Lipinski definition) is 3. The molecule has 0 fully saturated rings. The maximum absolute atomic E-state index is 12.1. The first-order chi connectivity index (χ1) is 8.97. The normalized spacial score (nSPS) is 11.5. The van der Waals surface area contributed by atoms with E-state index in [2.05, 4.69) is 0 Å². The first-order valence-electron chi connectivity index (χ1n) is 5.68. The van der Waals surface area contributed by atoms with E-state index in [0.29, 0.717) is 15.7 Å². The van der Waals surface area contributed by atoms with Crippen LogP contribution in [-0.4, -0.2) is 8.42 Å². The third-order valence-electron chi connectivity index (χ3n) is 2.60. The van der Waals surface area contributed by atoms with Crippen LogP contribution < -0.4 is 0 Å². The zero-order chi connectivity index (χ0) is 13.9. The van der Waals surface area contributed by atoms with Crippen LogP contribution in [0, 0.1) is 6.92 Å². The number of rotatable bonds is 4. The SMILES string of the molecule is Cc1ccc(S(=O)(=O)SCc2ccc(Cl)cc2)cc1. The number of hydrogen-bond donors (Lipinski definition) is 0. The summed E-state index contributed by atoms with van der Waals surface area (Å²) in [6.45, 7) is 1.93. The summed E-state index contributed by atoms with van der Waals surface area (Å²) in [5.74, 6) is 0.410. The van der Waals surface area contributed by atoms with E-state index in [1.54, 1.807) is 36.4 Å². The van der Waals surface area contributed by atoms with Gasteiger partial charge in [0.05, 0.1) is 4.90 Å². The molecule has 0 unspecified atom stereocenters. The molecule has 0 bridgehead atoms. The molecule has 19 heavy (non-hydrogen) atoms. The molecule has 100 valence electrons. The second-order valence-electron chi connectivity index (χ2n) is 4.16. The minimum absolute atomic E-state index is 0.345. The van der Waals surface area contributed by atoms with Crippen molar-refractivity contribution in [3.63, 3.8) is 0 Å². The lowest BCUT2D eigenvalue weighted by Gasteiger charge is -2.04. The zero-order valence-electron chi connectivity index (χ0n) is 10.3. The van der Waals surface area contributed by atoms with Gasteiger partial charge in [-0.15, -0.1) is 0 Å². The van der Waals surface area contributed by atoms with Crippen LogP contribution >= 0.6 is 22.4 Å². The summed E-state index contributed by atoms with van der Waals surface area (Å²) in [5, 5.41) is 0.648. The fraction of sp³-hybridized carbons (Fsp3) is 0.143. The molecule has 5 heteroatoms. The maximum atomic E-state index is 12.1. The first kappa shape index (κ1) is 14.4. The highest BCUT2D eigenvalue weighted by molar-refractivity contribution is 8.71. The average molecular weight is 313 g/mol. The van der Waals surface area contributed by atoms with Crippen molar-refractivity contribution in [2.24, 2.45) is 0 Å². The third kappa shape index (κ3) is 4.00. The van der Waals surface area contributed by atoms with Crippen LogP contribution in [-0.2, 0) is 14.6 Å². The smallest absolute Gasteiger partial charge is 0.212 e. The van der Waals surface area contributed by atoms with Crippen LogP contribution in [0.3, 0.4) is 0 Å². The van der Waals surface area contributed by atoms with Gasteiger partial charge < -0.3 is 0 Å². The van der Waals surface area contributed by atoms with E-state index in [4.69, 9.17) is 11.6 Å².